The summed E-state index contributed by atoms with van der Waals surface area (Å²) in [7, 11) is 0. The second-order valence-electron chi connectivity index (χ2n) is 3.89. The van der Waals surface area contributed by atoms with Crippen LogP contribution in [0, 0.1) is 0 Å². The molecule has 0 bridgehead atoms. The van der Waals surface area contributed by atoms with Crippen molar-refractivity contribution in [3.8, 4) is 0 Å². The van der Waals surface area contributed by atoms with Crippen LogP contribution in [0.5, 0.6) is 0 Å². The van der Waals surface area contributed by atoms with Crippen LogP contribution in [0.25, 0.3) is 0 Å². The predicted molar refractivity (Wildman–Crippen MR) is 49.8 cm³/mol. The molecule has 1 aliphatic rings. The van der Waals surface area contributed by atoms with Crippen molar-refractivity contribution in [2.24, 2.45) is 5.73 Å². The fraction of sp³-hybridized carbons (Fsp3) is 0.700. The van der Waals surface area contributed by atoms with Crippen molar-refractivity contribution in [2.75, 3.05) is 0 Å². The maximum absolute atomic E-state index is 11.5. The van der Waals surface area contributed by atoms with Gasteiger partial charge in [-0.3, -0.25) is 4.79 Å². The second kappa shape index (κ2) is 3.40. The molecule has 2 heteroatoms. The van der Waals surface area contributed by atoms with Gasteiger partial charge in [-0.15, -0.1) is 6.58 Å². The molecule has 0 heterocycles. The first-order valence-corrected chi connectivity index (χ1v) is 4.51. The van der Waals surface area contributed by atoms with Crippen LogP contribution in [-0.4, -0.2) is 11.3 Å². The van der Waals surface area contributed by atoms with Crippen molar-refractivity contribution in [3.05, 3.63) is 12.2 Å². The molecule has 0 unspecified atom stereocenters. The van der Waals surface area contributed by atoms with Gasteiger partial charge in [-0.05, 0) is 32.6 Å². The molecular formula is C10H17NO. The van der Waals surface area contributed by atoms with E-state index in [4.69, 9.17) is 5.73 Å². The molecule has 2 nitrogen and oxygen atoms in total. The molecule has 0 amide bonds. The Labute approximate surface area is 73.8 Å². The van der Waals surface area contributed by atoms with Crippen LogP contribution in [0.2, 0.25) is 0 Å². The fourth-order valence-corrected chi connectivity index (χ4v) is 1.41. The lowest BCUT2D eigenvalue weighted by atomic mass is 9.73. The number of ketones is 1. The van der Waals surface area contributed by atoms with E-state index >= 15 is 0 Å². The molecule has 1 aliphatic carbocycles. The largest absolute Gasteiger partial charge is 0.319 e. The first kappa shape index (κ1) is 9.46. The Balaban J connectivity index is 2.33. The average molecular weight is 167 g/mol. The molecule has 0 aromatic heterocycles. The first-order chi connectivity index (χ1) is 5.54. The molecule has 0 radical (unpaired) electrons. The van der Waals surface area contributed by atoms with Gasteiger partial charge in [0.25, 0.3) is 0 Å². The number of carbonyl (C=O) groups is 1. The molecule has 0 aromatic rings. The Morgan fingerprint density at radius 3 is 2.42 bits per heavy atom. The Bertz CT molecular complexity index is 204. The quantitative estimate of drug-likeness (QED) is 0.649. The Morgan fingerprint density at radius 1 is 1.50 bits per heavy atom. The van der Waals surface area contributed by atoms with Crippen LogP contribution >= 0.6 is 0 Å². The number of carbonyl (C=O) groups excluding carboxylic acids is 1. The lowest BCUT2D eigenvalue weighted by Crippen LogP contribution is -2.53. The summed E-state index contributed by atoms with van der Waals surface area (Å²) in [6, 6.07) is 0. The van der Waals surface area contributed by atoms with E-state index in [1.54, 1.807) is 0 Å². The normalized spacial score (nSPS) is 19.8. The minimum Gasteiger partial charge on any atom is -0.319 e. The summed E-state index contributed by atoms with van der Waals surface area (Å²) in [5, 5.41) is 0. The van der Waals surface area contributed by atoms with E-state index in [0.29, 0.717) is 6.42 Å². The Hall–Kier alpha value is -0.630. The van der Waals surface area contributed by atoms with Crippen molar-refractivity contribution in [2.45, 2.75) is 44.6 Å². The summed E-state index contributed by atoms with van der Waals surface area (Å²) in [6.45, 7) is 5.70. The number of rotatable bonds is 4. The van der Waals surface area contributed by atoms with Gasteiger partial charge < -0.3 is 5.73 Å². The van der Waals surface area contributed by atoms with Gasteiger partial charge in [0.2, 0.25) is 0 Å². The minimum atomic E-state index is -0.463. The lowest BCUT2D eigenvalue weighted by Gasteiger charge is -2.36. The van der Waals surface area contributed by atoms with Crippen molar-refractivity contribution in [3.63, 3.8) is 0 Å². The van der Waals surface area contributed by atoms with Crippen molar-refractivity contribution >= 4 is 5.78 Å². The van der Waals surface area contributed by atoms with Crippen LogP contribution in [0.3, 0.4) is 0 Å². The second-order valence-corrected chi connectivity index (χ2v) is 3.89. The third-order valence-electron chi connectivity index (χ3n) is 2.58. The van der Waals surface area contributed by atoms with E-state index in [1.807, 2.05) is 6.92 Å². The van der Waals surface area contributed by atoms with Gasteiger partial charge in [0.15, 0.2) is 5.78 Å². The first-order valence-electron chi connectivity index (χ1n) is 4.51. The zero-order chi connectivity index (χ0) is 9.19. The van der Waals surface area contributed by atoms with Gasteiger partial charge in [-0.2, -0.15) is 0 Å². The number of nitrogens with two attached hydrogens (primary N) is 1. The molecule has 0 atom stereocenters. The van der Waals surface area contributed by atoms with E-state index in [1.165, 1.54) is 0 Å². The Kier molecular flexibility index (Phi) is 2.68. The summed E-state index contributed by atoms with van der Waals surface area (Å²) in [5.74, 6) is 0.219. The standard InChI is InChI=1S/C10H17NO/c1-8(2)4-5-9(12)10(11)6-3-7-10/h1,3-7,11H2,2H3. The fourth-order valence-electron chi connectivity index (χ4n) is 1.41. The number of hydrogen-bond acceptors (Lipinski definition) is 2. The smallest absolute Gasteiger partial charge is 0.152 e. The van der Waals surface area contributed by atoms with E-state index < -0.39 is 5.54 Å². The van der Waals surface area contributed by atoms with Gasteiger partial charge >= 0.3 is 0 Å². The van der Waals surface area contributed by atoms with E-state index in [0.717, 1.165) is 31.3 Å². The van der Waals surface area contributed by atoms with Gasteiger partial charge in [0.1, 0.15) is 0 Å². The summed E-state index contributed by atoms with van der Waals surface area (Å²) < 4.78 is 0. The SMILES string of the molecule is C=C(C)CCC(=O)C1(N)CCC1. The number of hydrogen-bond donors (Lipinski definition) is 1. The molecule has 1 rings (SSSR count). The topological polar surface area (TPSA) is 43.1 Å². The highest BCUT2D eigenvalue weighted by Crippen LogP contribution is 2.31. The minimum absolute atomic E-state index is 0.219. The van der Waals surface area contributed by atoms with Crippen LogP contribution < -0.4 is 5.73 Å². The molecular weight excluding hydrogens is 150 g/mol. The van der Waals surface area contributed by atoms with Crippen LogP contribution in [-0.2, 0) is 4.79 Å². The molecule has 1 fully saturated rings. The molecule has 0 saturated heterocycles. The Morgan fingerprint density at radius 2 is 2.08 bits per heavy atom. The zero-order valence-electron chi connectivity index (χ0n) is 7.73. The van der Waals surface area contributed by atoms with Gasteiger partial charge in [-0.25, -0.2) is 0 Å². The van der Waals surface area contributed by atoms with Crippen LogP contribution in [0.4, 0.5) is 0 Å². The lowest BCUT2D eigenvalue weighted by molar-refractivity contribution is -0.126. The molecule has 2 N–H and O–H groups in total. The number of allylic oxidation sites excluding steroid dienone is 1. The van der Waals surface area contributed by atoms with Gasteiger partial charge in [-0.1, -0.05) is 5.57 Å². The molecule has 68 valence electrons. The highest BCUT2D eigenvalue weighted by Gasteiger charge is 2.38. The van der Waals surface area contributed by atoms with Gasteiger partial charge in [0.05, 0.1) is 5.54 Å². The maximum Gasteiger partial charge on any atom is 0.152 e. The van der Waals surface area contributed by atoms with E-state index in [-0.39, 0.29) is 5.78 Å². The molecule has 0 aliphatic heterocycles. The van der Waals surface area contributed by atoms with E-state index in [9.17, 15) is 4.79 Å². The summed E-state index contributed by atoms with van der Waals surface area (Å²) in [4.78, 5) is 11.5. The third-order valence-corrected chi connectivity index (χ3v) is 2.58. The van der Waals surface area contributed by atoms with Crippen molar-refractivity contribution < 1.29 is 4.79 Å². The molecule has 1 saturated carbocycles. The highest BCUT2D eigenvalue weighted by atomic mass is 16.1. The predicted octanol–water partition coefficient (Wildman–Crippen LogP) is 1.79. The highest BCUT2D eigenvalue weighted by molar-refractivity contribution is 5.89. The molecule has 12 heavy (non-hydrogen) atoms. The number of Topliss-reactive ketones (excluding diaryl/α,β-unsaturated/α-hetero) is 1. The third kappa shape index (κ3) is 1.95. The summed E-state index contributed by atoms with van der Waals surface area (Å²) >= 11 is 0. The van der Waals surface area contributed by atoms with Crippen LogP contribution in [0.1, 0.15) is 39.0 Å². The summed E-state index contributed by atoms with van der Waals surface area (Å²) in [5.41, 5.74) is 6.45. The zero-order valence-corrected chi connectivity index (χ0v) is 7.73. The van der Waals surface area contributed by atoms with Crippen molar-refractivity contribution in [1.82, 2.24) is 0 Å². The monoisotopic (exact) mass is 167 g/mol. The van der Waals surface area contributed by atoms with Crippen molar-refractivity contribution in [1.29, 1.82) is 0 Å². The maximum atomic E-state index is 11.5. The molecule has 0 spiro atoms. The van der Waals surface area contributed by atoms with Crippen LogP contribution in [0.15, 0.2) is 12.2 Å². The van der Waals surface area contributed by atoms with Gasteiger partial charge in [0, 0.05) is 6.42 Å². The summed E-state index contributed by atoms with van der Waals surface area (Å²) in [6.07, 6.45) is 4.23. The average Bonchev–Trinajstić information content (AvgIpc) is 1.95. The van der Waals surface area contributed by atoms with E-state index in [2.05, 4.69) is 6.58 Å². The molecule has 0 aromatic carbocycles.